The SMILES string of the molecule is CCSc1ccccc1NS(=O)(=O)Cc1c(F)cccc1Cl. The summed E-state index contributed by atoms with van der Waals surface area (Å²) in [4.78, 5) is 0.827. The van der Waals surface area contributed by atoms with Crippen molar-refractivity contribution in [2.75, 3.05) is 10.5 Å². The van der Waals surface area contributed by atoms with E-state index in [0.717, 1.165) is 10.6 Å². The highest BCUT2D eigenvalue weighted by Gasteiger charge is 2.18. The van der Waals surface area contributed by atoms with Gasteiger partial charge in [-0.3, -0.25) is 4.72 Å². The molecule has 0 aliphatic rings. The van der Waals surface area contributed by atoms with Gasteiger partial charge in [0, 0.05) is 15.5 Å². The van der Waals surface area contributed by atoms with Crippen LogP contribution < -0.4 is 4.72 Å². The fourth-order valence-electron chi connectivity index (χ4n) is 1.90. The van der Waals surface area contributed by atoms with Crippen LogP contribution >= 0.6 is 23.4 Å². The fraction of sp³-hybridized carbons (Fsp3) is 0.200. The smallest absolute Gasteiger partial charge is 0.237 e. The van der Waals surface area contributed by atoms with Gasteiger partial charge in [0.05, 0.1) is 11.4 Å². The van der Waals surface area contributed by atoms with Gasteiger partial charge in [0.1, 0.15) is 5.82 Å². The molecule has 0 aliphatic carbocycles. The van der Waals surface area contributed by atoms with Crippen molar-refractivity contribution in [1.29, 1.82) is 0 Å². The largest absolute Gasteiger partial charge is 0.282 e. The molecule has 0 saturated heterocycles. The summed E-state index contributed by atoms with van der Waals surface area (Å²) in [6.07, 6.45) is 0. The average molecular weight is 360 g/mol. The Bertz CT molecular complexity index is 746. The van der Waals surface area contributed by atoms with E-state index in [1.807, 2.05) is 19.1 Å². The number of nitrogens with one attached hydrogen (secondary N) is 1. The molecule has 0 saturated carbocycles. The van der Waals surface area contributed by atoms with E-state index in [0.29, 0.717) is 5.69 Å². The lowest BCUT2D eigenvalue weighted by molar-refractivity contribution is 0.591. The summed E-state index contributed by atoms with van der Waals surface area (Å²) < 4.78 is 40.8. The van der Waals surface area contributed by atoms with Gasteiger partial charge in [-0.1, -0.05) is 36.7 Å². The Kier molecular flexibility index (Phi) is 5.72. The van der Waals surface area contributed by atoms with Crippen molar-refractivity contribution < 1.29 is 12.8 Å². The van der Waals surface area contributed by atoms with Crippen LogP contribution in [-0.4, -0.2) is 14.2 Å². The number of sulfonamides is 1. The maximum atomic E-state index is 13.7. The molecule has 0 unspecified atom stereocenters. The van der Waals surface area contributed by atoms with Crippen LogP contribution in [0.25, 0.3) is 0 Å². The molecule has 118 valence electrons. The minimum absolute atomic E-state index is 0.0303. The van der Waals surface area contributed by atoms with Crippen LogP contribution in [-0.2, 0) is 15.8 Å². The first-order chi connectivity index (χ1) is 10.4. The second-order valence-electron chi connectivity index (χ2n) is 4.49. The predicted molar refractivity (Wildman–Crippen MR) is 90.5 cm³/mol. The van der Waals surface area contributed by atoms with Crippen molar-refractivity contribution >= 4 is 39.1 Å². The maximum absolute atomic E-state index is 13.7. The van der Waals surface area contributed by atoms with Gasteiger partial charge in [0.25, 0.3) is 0 Å². The molecule has 0 heterocycles. The molecule has 0 aromatic heterocycles. The summed E-state index contributed by atoms with van der Waals surface area (Å²) in [7, 11) is -3.76. The molecule has 0 aliphatic heterocycles. The highest BCUT2D eigenvalue weighted by molar-refractivity contribution is 7.99. The fourth-order valence-corrected chi connectivity index (χ4v) is 4.29. The molecule has 2 aromatic carbocycles. The Morgan fingerprint density at radius 1 is 1.18 bits per heavy atom. The van der Waals surface area contributed by atoms with E-state index in [2.05, 4.69) is 4.72 Å². The van der Waals surface area contributed by atoms with Crippen LogP contribution in [0, 0.1) is 5.82 Å². The van der Waals surface area contributed by atoms with Gasteiger partial charge in [0.15, 0.2) is 0 Å². The number of anilines is 1. The Hall–Kier alpha value is -1.24. The Morgan fingerprint density at radius 3 is 2.59 bits per heavy atom. The zero-order valence-corrected chi connectivity index (χ0v) is 14.2. The van der Waals surface area contributed by atoms with Crippen LogP contribution in [0.3, 0.4) is 0 Å². The lowest BCUT2D eigenvalue weighted by atomic mass is 10.2. The number of rotatable bonds is 6. The third-order valence-corrected chi connectivity index (χ3v) is 5.36. The second-order valence-corrected chi connectivity index (χ2v) is 7.93. The zero-order chi connectivity index (χ0) is 16.2. The molecule has 2 aromatic rings. The van der Waals surface area contributed by atoms with Crippen LogP contribution in [0.1, 0.15) is 12.5 Å². The quantitative estimate of drug-likeness (QED) is 0.770. The third-order valence-electron chi connectivity index (χ3n) is 2.85. The topological polar surface area (TPSA) is 46.2 Å². The average Bonchev–Trinajstić information content (AvgIpc) is 2.45. The van der Waals surface area contributed by atoms with Crippen molar-refractivity contribution in [2.24, 2.45) is 0 Å². The first-order valence-electron chi connectivity index (χ1n) is 6.58. The summed E-state index contributed by atoms with van der Waals surface area (Å²) in [5.74, 6) is -0.323. The molecule has 0 spiro atoms. The highest BCUT2D eigenvalue weighted by Crippen LogP contribution is 2.28. The van der Waals surface area contributed by atoms with Crippen LogP contribution in [0.4, 0.5) is 10.1 Å². The molecule has 0 bridgehead atoms. The standard InChI is InChI=1S/C15H15ClFNO2S2/c1-2-21-15-9-4-3-8-14(15)18-22(19,20)10-11-12(16)6-5-7-13(11)17/h3-9,18H,2,10H2,1H3. The first-order valence-corrected chi connectivity index (χ1v) is 9.59. The number of thioether (sulfide) groups is 1. The summed E-state index contributed by atoms with van der Waals surface area (Å²) in [5, 5.41) is 0.0987. The lowest BCUT2D eigenvalue weighted by Crippen LogP contribution is -2.16. The zero-order valence-electron chi connectivity index (χ0n) is 11.8. The summed E-state index contributed by atoms with van der Waals surface area (Å²) in [6.45, 7) is 1.98. The van der Waals surface area contributed by atoms with Gasteiger partial charge < -0.3 is 0 Å². The number of benzene rings is 2. The first kappa shape index (κ1) is 17.1. The van der Waals surface area contributed by atoms with Crippen LogP contribution in [0.2, 0.25) is 5.02 Å². The maximum Gasteiger partial charge on any atom is 0.237 e. The van der Waals surface area contributed by atoms with Gasteiger partial charge in [0.2, 0.25) is 10.0 Å². The molecule has 0 fully saturated rings. The number of hydrogen-bond acceptors (Lipinski definition) is 3. The molecular formula is C15H15ClFNO2S2. The van der Waals surface area contributed by atoms with Crippen molar-refractivity contribution in [1.82, 2.24) is 0 Å². The minimum Gasteiger partial charge on any atom is -0.282 e. The molecule has 22 heavy (non-hydrogen) atoms. The third kappa shape index (κ3) is 4.38. The van der Waals surface area contributed by atoms with Crippen molar-refractivity contribution in [3.05, 3.63) is 58.9 Å². The molecule has 0 atom stereocenters. The molecule has 0 radical (unpaired) electrons. The van der Waals surface area contributed by atoms with E-state index < -0.39 is 21.6 Å². The predicted octanol–water partition coefficient (Wildman–Crippen LogP) is 4.53. The molecule has 1 N–H and O–H groups in total. The highest BCUT2D eigenvalue weighted by atomic mass is 35.5. The summed E-state index contributed by atoms with van der Waals surface area (Å²) in [6, 6.07) is 11.2. The van der Waals surface area contributed by atoms with Crippen LogP contribution in [0.5, 0.6) is 0 Å². The normalized spacial score (nSPS) is 11.4. The van der Waals surface area contributed by atoms with E-state index >= 15 is 0 Å². The Labute approximate surface area is 138 Å². The summed E-state index contributed by atoms with van der Waals surface area (Å²) in [5.41, 5.74) is 0.458. The molecule has 2 rings (SSSR count). The Balaban J connectivity index is 2.25. The van der Waals surface area contributed by atoms with Crippen molar-refractivity contribution in [3.8, 4) is 0 Å². The Morgan fingerprint density at radius 2 is 1.91 bits per heavy atom. The molecular weight excluding hydrogens is 345 g/mol. The van der Waals surface area contributed by atoms with Crippen molar-refractivity contribution in [3.63, 3.8) is 0 Å². The number of halogens is 2. The second kappa shape index (κ2) is 7.35. The minimum atomic E-state index is -3.76. The molecule has 3 nitrogen and oxygen atoms in total. The van der Waals surface area contributed by atoms with Crippen LogP contribution in [0.15, 0.2) is 47.4 Å². The van der Waals surface area contributed by atoms with Gasteiger partial charge in [-0.2, -0.15) is 0 Å². The molecule has 7 heteroatoms. The van der Waals surface area contributed by atoms with Gasteiger partial charge >= 0.3 is 0 Å². The van der Waals surface area contributed by atoms with E-state index in [-0.39, 0.29) is 10.6 Å². The number of para-hydroxylation sites is 1. The van der Waals surface area contributed by atoms with Gasteiger partial charge in [-0.15, -0.1) is 11.8 Å². The van der Waals surface area contributed by atoms with E-state index in [9.17, 15) is 12.8 Å². The van der Waals surface area contributed by atoms with Gasteiger partial charge in [-0.05, 0) is 30.0 Å². The monoisotopic (exact) mass is 359 g/mol. The van der Waals surface area contributed by atoms with E-state index in [1.165, 1.54) is 30.0 Å². The van der Waals surface area contributed by atoms with Gasteiger partial charge in [-0.25, -0.2) is 12.8 Å². The lowest BCUT2D eigenvalue weighted by Gasteiger charge is -2.12. The number of hydrogen-bond donors (Lipinski definition) is 1. The van der Waals surface area contributed by atoms with E-state index in [4.69, 9.17) is 11.6 Å². The summed E-state index contributed by atoms with van der Waals surface area (Å²) >= 11 is 7.41. The van der Waals surface area contributed by atoms with Crippen molar-refractivity contribution in [2.45, 2.75) is 17.6 Å². The van der Waals surface area contributed by atoms with E-state index in [1.54, 1.807) is 12.1 Å². The molecule has 0 amide bonds.